The molecule has 0 bridgehead atoms. The van der Waals surface area contributed by atoms with E-state index in [0.29, 0.717) is 11.6 Å². The number of nitriles is 1. The van der Waals surface area contributed by atoms with E-state index in [0.717, 1.165) is 36.1 Å². The molecular weight excluding hydrogens is 236 g/mol. The van der Waals surface area contributed by atoms with Crippen LogP contribution in [0.25, 0.3) is 0 Å². The molecule has 0 aromatic heterocycles. The van der Waals surface area contributed by atoms with Crippen LogP contribution in [-0.2, 0) is 0 Å². The Labute approximate surface area is 115 Å². The Bertz CT molecular complexity index is 468. The van der Waals surface area contributed by atoms with Gasteiger partial charge in [-0.25, -0.2) is 0 Å². The summed E-state index contributed by atoms with van der Waals surface area (Å²) < 4.78 is 5.37. The van der Waals surface area contributed by atoms with Gasteiger partial charge in [0.15, 0.2) is 0 Å². The third-order valence-corrected chi connectivity index (χ3v) is 3.89. The molecule has 19 heavy (non-hydrogen) atoms. The van der Waals surface area contributed by atoms with E-state index in [2.05, 4.69) is 25.2 Å². The number of para-hydroxylation sites is 1. The van der Waals surface area contributed by atoms with Gasteiger partial charge in [0.25, 0.3) is 0 Å². The summed E-state index contributed by atoms with van der Waals surface area (Å²) in [5, 5.41) is 12.8. The molecule has 102 valence electrons. The summed E-state index contributed by atoms with van der Waals surface area (Å²) in [5.74, 6) is 2.23. The third-order valence-electron chi connectivity index (χ3n) is 3.89. The van der Waals surface area contributed by atoms with E-state index in [1.54, 1.807) is 7.11 Å². The zero-order valence-corrected chi connectivity index (χ0v) is 11.9. The van der Waals surface area contributed by atoms with E-state index in [1.165, 1.54) is 6.42 Å². The van der Waals surface area contributed by atoms with Gasteiger partial charge in [0.2, 0.25) is 0 Å². The zero-order valence-electron chi connectivity index (χ0n) is 11.9. The quantitative estimate of drug-likeness (QED) is 0.896. The van der Waals surface area contributed by atoms with Gasteiger partial charge in [-0.15, -0.1) is 0 Å². The zero-order chi connectivity index (χ0) is 13.8. The monoisotopic (exact) mass is 258 g/mol. The van der Waals surface area contributed by atoms with Crippen LogP contribution in [0.1, 0.15) is 38.7 Å². The SMILES string of the molecule is COc1cccc(C#N)c1NC1CC(C)CC(C)C1. The van der Waals surface area contributed by atoms with Gasteiger partial charge in [-0.1, -0.05) is 19.9 Å². The minimum atomic E-state index is 0.433. The van der Waals surface area contributed by atoms with Gasteiger partial charge in [0.05, 0.1) is 18.4 Å². The number of hydrogen-bond acceptors (Lipinski definition) is 3. The summed E-state index contributed by atoms with van der Waals surface area (Å²) in [6.45, 7) is 4.61. The van der Waals surface area contributed by atoms with Crippen LogP contribution >= 0.6 is 0 Å². The predicted molar refractivity (Wildman–Crippen MR) is 77.3 cm³/mol. The fourth-order valence-electron chi connectivity index (χ4n) is 3.21. The number of benzene rings is 1. The lowest BCUT2D eigenvalue weighted by atomic mass is 9.80. The molecule has 2 atom stereocenters. The summed E-state index contributed by atoms with van der Waals surface area (Å²) in [7, 11) is 1.65. The molecule has 1 aliphatic rings. The molecule has 0 amide bonds. The summed E-state index contributed by atoms with van der Waals surface area (Å²) in [5.41, 5.74) is 1.50. The highest BCUT2D eigenvalue weighted by Gasteiger charge is 2.25. The molecule has 0 spiro atoms. The number of rotatable bonds is 3. The average molecular weight is 258 g/mol. The first-order valence-electron chi connectivity index (χ1n) is 6.97. The Morgan fingerprint density at radius 3 is 2.47 bits per heavy atom. The molecule has 2 unspecified atom stereocenters. The molecule has 1 aromatic rings. The van der Waals surface area contributed by atoms with Crippen LogP contribution in [0.5, 0.6) is 5.75 Å². The number of anilines is 1. The molecule has 0 aliphatic heterocycles. The fourth-order valence-corrected chi connectivity index (χ4v) is 3.21. The van der Waals surface area contributed by atoms with Gasteiger partial charge in [0, 0.05) is 6.04 Å². The number of methoxy groups -OCH3 is 1. The van der Waals surface area contributed by atoms with Gasteiger partial charge in [-0.05, 0) is 43.2 Å². The van der Waals surface area contributed by atoms with Crippen molar-refractivity contribution in [1.82, 2.24) is 0 Å². The van der Waals surface area contributed by atoms with Gasteiger partial charge < -0.3 is 10.1 Å². The number of nitrogens with zero attached hydrogens (tertiary/aromatic N) is 1. The Morgan fingerprint density at radius 2 is 1.89 bits per heavy atom. The maximum Gasteiger partial charge on any atom is 0.143 e. The molecule has 0 saturated heterocycles. The van der Waals surface area contributed by atoms with Crippen LogP contribution in [0.2, 0.25) is 0 Å². The van der Waals surface area contributed by atoms with Gasteiger partial charge in [-0.2, -0.15) is 5.26 Å². The summed E-state index contributed by atoms with van der Waals surface area (Å²) in [6.07, 6.45) is 3.62. The van der Waals surface area contributed by atoms with Crippen LogP contribution in [0, 0.1) is 23.2 Å². The second-order valence-corrected chi connectivity index (χ2v) is 5.75. The van der Waals surface area contributed by atoms with E-state index >= 15 is 0 Å². The average Bonchev–Trinajstić information content (AvgIpc) is 2.37. The van der Waals surface area contributed by atoms with Gasteiger partial charge in [0.1, 0.15) is 11.8 Å². The highest BCUT2D eigenvalue weighted by molar-refractivity contribution is 5.66. The standard InChI is InChI=1S/C16H22N2O/c1-11-7-12(2)9-14(8-11)18-16-13(10-17)5-4-6-15(16)19-3/h4-6,11-12,14,18H,7-9H2,1-3H3. The summed E-state index contributed by atoms with van der Waals surface area (Å²) in [6, 6.07) is 8.26. The Hall–Kier alpha value is -1.69. The second-order valence-electron chi connectivity index (χ2n) is 5.75. The second kappa shape index (κ2) is 5.97. The van der Waals surface area contributed by atoms with Crippen LogP contribution in [0.3, 0.4) is 0 Å². The van der Waals surface area contributed by atoms with Crippen molar-refractivity contribution in [2.24, 2.45) is 11.8 Å². The minimum Gasteiger partial charge on any atom is -0.495 e. The lowest BCUT2D eigenvalue weighted by Crippen LogP contribution is -2.30. The predicted octanol–water partition coefficient (Wildman–Crippen LogP) is 3.80. The third kappa shape index (κ3) is 3.20. The van der Waals surface area contributed by atoms with E-state index in [-0.39, 0.29) is 0 Å². The Morgan fingerprint density at radius 1 is 1.21 bits per heavy atom. The molecule has 1 N–H and O–H groups in total. The van der Waals surface area contributed by atoms with Crippen molar-refractivity contribution in [3.63, 3.8) is 0 Å². The molecule has 3 nitrogen and oxygen atoms in total. The number of hydrogen-bond donors (Lipinski definition) is 1. The summed E-state index contributed by atoms with van der Waals surface area (Å²) in [4.78, 5) is 0. The van der Waals surface area contributed by atoms with Crippen molar-refractivity contribution in [3.05, 3.63) is 23.8 Å². The largest absolute Gasteiger partial charge is 0.495 e. The van der Waals surface area contributed by atoms with E-state index in [4.69, 9.17) is 4.74 Å². The highest BCUT2D eigenvalue weighted by Crippen LogP contribution is 2.34. The van der Waals surface area contributed by atoms with Crippen molar-refractivity contribution in [1.29, 1.82) is 5.26 Å². The molecule has 1 saturated carbocycles. The minimum absolute atomic E-state index is 0.433. The first-order chi connectivity index (χ1) is 9.13. The Kier molecular flexibility index (Phi) is 4.31. The van der Waals surface area contributed by atoms with E-state index < -0.39 is 0 Å². The number of nitrogens with one attached hydrogen (secondary N) is 1. The fraction of sp³-hybridized carbons (Fsp3) is 0.562. The molecule has 2 rings (SSSR count). The number of ether oxygens (including phenoxy) is 1. The molecule has 3 heteroatoms. The maximum absolute atomic E-state index is 9.23. The van der Waals surface area contributed by atoms with Gasteiger partial charge >= 0.3 is 0 Å². The van der Waals surface area contributed by atoms with Crippen LogP contribution in [0.15, 0.2) is 18.2 Å². The smallest absolute Gasteiger partial charge is 0.143 e. The van der Waals surface area contributed by atoms with Gasteiger partial charge in [-0.3, -0.25) is 0 Å². The first kappa shape index (κ1) is 13.7. The van der Waals surface area contributed by atoms with E-state index in [9.17, 15) is 5.26 Å². The molecular formula is C16H22N2O. The summed E-state index contributed by atoms with van der Waals surface area (Å²) >= 11 is 0. The molecule has 1 fully saturated rings. The molecule has 0 radical (unpaired) electrons. The Balaban J connectivity index is 2.20. The van der Waals surface area contributed by atoms with Crippen LogP contribution in [-0.4, -0.2) is 13.2 Å². The lowest BCUT2D eigenvalue weighted by molar-refractivity contribution is 0.280. The first-order valence-corrected chi connectivity index (χ1v) is 6.97. The van der Waals surface area contributed by atoms with Crippen LogP contribution in [0.4, 0.5) is 5.69 Å². The van der Waals surface area contributed by atoms with Crippen molar-refractivity contribution in [2.75, 3.05) is 12.4 Å². The van der Waals surface area contributed by atoms with E-state index in [1.807, 2.05) is 18.2 Å². The highest BCUT2D eigenvalue weighted by atomic mass is 16.5. The molecule has 0 heterocycles. The van der Waals surface area contributed by atoms with Crippen LogP contribution < -0.4 is 10.1 Å². The van der Waals surface area contributed by atoms with Crippen molar-refractivity contribution in [2.45, 2.75) is 39.2 Å². The van der Waals surface area contributed by atoms with Crippen molar-refractivity contribution in [3.8, 4) is 11.8 Å². The van der Waals surface area contributed by atoms with Crippen molar-refractivity contribution < 1.29 is 4.74 Å². The molecule has 1 aromatic carbocycles. The molecule has 1 aliphatic carbocycles. The maximum atomic E-state index is 9.23. The van der Waals surface area contributed by atoms with Crippen molar-refractivity contribution >= 4 is 5.69 Å². The topological polar surface area (TPSA) is 45.0 Å². The lowest BCUT2D eigenvalue weighted by Gasteiger charge is -2.33. The normalized spacial score (nSPS) is 26.5.